The predicted octanol–water partition coefficient (Wildman–Crippen LogP) is 2.26. The van der Waals surface area contributed by atoms with Crippen LogP contribution < -0.4 is 16.4 Å². The molecule has 20 heavy (non-hydrogen) atoms. The SMILES string of the molecule is CC(=O)c1sc(N(C)CC2CCCC2)c(C(N)=O)c1N. The second kappa shape index (κ2) is 5.83. The Labute approximate surface area is 122 Å². The van der Waals surface area contributed by atoms with E-state index in [0.29, 0.717) is 21.4 Å². The second-order valence-corrected chi connectivity index (χ2v) is 6.48. The topological polar surface area (TPSA) is 89.4 Å². The van der Waals surface area contributed by atoms with E-state index in [0.717, 1.165) is 6.54 Å². The molecule has 1 aliphatic carbocycles. The molecule has 0 bridgehead atoms. The van der Waals surface area contributed by atoms with E-state index in [1.54, 1.807) is 0 Å². The van der Waals surface area contributed by atoms with Gasteiger partial charge in [0.05, 0.1) is 16.1 Å². The molecule has 1 aromatic heterocycles. The normalized spacial score (nSPS) is 15.5. The number of primary amides is 1. The molecule has 0 aromatic carbocycles. The summed E-state index contributed by atoms with van der Waals surface area (Å²) in [5.74, 6) is -0.0557. The number of ketones is 1. The van der Waals surface area contributed by atoms with Gasteiger partial charge in [0.2, 0.25) is 0 Å². The summed E-state index contributed by atoms with van der Waals surface area (Å²) in [4.78, 5) is 25.7. The Balaban J connectivity index is 2.31. The van der Waals surface area contributed by atoms with Crippen molar-refractivity contribution >= 4 is 33.7 Å². The summed E-state index contributed by atoms with van der Waals surface area (Å²) in [6.45, 7) is 2.32. The van der Waals surface area contributed by atoms with E-state index < -0.39 is 5.91 Å². The number of hydrogen-bond donors (Lipinski definition) is 2. The summed E-state index contributed by atoms with van der Waals surface area (Å²) < 4.78 is 0. The van der Waals surface area contributed by atoms with E-state index in [2.05, 4.69) is 0 Å². The number of nitrogen functional groups attached to an aromatic ring is 1. The van der Waals surface area contributed by atoms with Crippen LogP contribution in [0.15, 0.2) is 0 Å². The average Bonchev–Trinajstić information content (AvgIpc) is 2.95. The molecule has 0 radical (unpaired) electrons. The van der Waals surface area contributed by atoms with Gasteiger partial charge in [0.1, 0.15) is 5.00 Å². The maximum absolute atomic E-state index is 11.6. The second-order valence-electron chi connectivity index (χ2n) is 5.48. The van der Waals surface area contributed by atoms with Crippen molar-refractivity contribution in [3.05, 3.63) is 10.4 Å². The Morgan fingerprint density at radius 1 is 1.35 bits per heavy atom. The molecule has 1 aromatic rings. The Morgan fingerprint density at radius 3 is 2.45 bits per heavy atom. The number of nitrogens with two attached hydrogens (primary N) is 2. The highest BCUT2D eigenvalue weighted by Gasteiger charge is 2.26. The molecule has 4 N–H and O–H groups in total. The van der Waals surface area contributed by atoms with E-state index in [1.807, 2.05) is 11.9 Å². The van der Waals surface area contributed by atoms with Crippen molar-refractivity contribution in [1.82, 2.24) is 0 Å². The number of thiophene rings is 1. The molecule has 0 unspecified atom stereocenters. The van der Waals surface area contributed by atoms with Crippen molar-refractivity contribution in [2.75, 3.05) is 24.2 Å². The van der Waals surface area contributed by atoms with Gasteiger partial charge in [0.15, 0.2) is 5.78 Å². The standard InChI is InChI=1S/C14H21N3O2S/c1-8(18)12-11(15)10(13(16)19)14(20-12)17(2)7-9-5-3-4-6-9/h9H,3-7,15H2,1-2H3,(H2,16,19). The fourth-order valence-electron chi connectivity index (χ4n) is 2.86. The van der Waals surface area contributed by atoms with Gasteiger partial charge in [-0.1, -0.05) is 12.8 Å². The smallest absolute Gasteiger partial charge is 0.253 e. The van der Waals surface area contributed by atoms with Crippen molar-refractivity contribution in [3.63, 3.8) is 0 Å². The Hall–Kier alpha value is -1.56. The zero-order valence-corrected chi connectivity index (χ0v) is 12.8. The first kappa shape index (κ1) is 14.8. The first-order valence-corrected chi connectivity index (χ1v) is 7.67. The number of rotatable bonds is 5. The van der Waals surface area contributed by atoms with Crippen LogP contribution in [-0.2, 0) is 0 Å². The quantitative estimate of drug-likeness (QED) is 0.815. The fourth-order valence-corrected chi connectivity index (χ4v) is 3.96. The van der Waals surface area contributed by atoms with Crippen LogP contribution in [-0.4, -0.2) is 25.3 Å². The van der Waals surface area contributed by atoms with E-state index in [1.165, 1.54) is 43.9 Å². The number of anilines is 2. The zero-order chi connectivity index (χ0) is 14.9. The minimum atomic E-state index is -0.570. The third-order valence-corrected chi connectivity index (χ3v) is 5.27. The van der Waals surface area contributed by atoms with E-state index in [-0.39, 0.29) is 11.5 Å². The van der Waals surface area contributed by atoms with E-state index in [9.17, 15) is 9.59 Å². The molecule has 1 heterocycles. The molecule has 0 saturated heterocycles. The van der Waals surface area contributed by atoms with Gasteiger partial charge in [-0.3, -0.25) is 9.59 Å². The minimum Gasteiger partial charge on any atom is -0.397 e. The summed E-state index contributed by atoms with van der Waals surface area (Å²) >= 11 is 1.26. The number of Topliss-reactive ketones (excluding diaryl/α,β-unsaturated/α-hetero) is 1. The third-order valence-electron chi connectivity index (χ3n) is 3.85. The molecular formula is C14H21N3O2S. The number of amides is 1. The molecule has 0 spiro atoms. The molecule has 110 valence electrons. The highest BCUT2D eigenvalue weighted by atomic mass is 32.1. The van der Waals surface area contributed by atoms with Gasteiger partial charge in [0, 0.05) is 20.5 Å². The van der Waals surface area contributed by atoms with Gasteiger partial charge < -0.3 is 16.4 Å². The number of carbonyl (C=O) groups is 2. The molecule has 1 aliphatic rings. The lowest BCUT2D eigenvalue weighted by atomic mass is 10.1. The highest BCUT2D eigenvalue weighted by Crippen LogP contribution is 2.39. The number of carbonyl (C=O) groups excluding carboxylic acids is 2. The van der Waals surface area contributed by atoms with Crippen molar-refractivity contribution < 1.29 is 9.59 Å². The van der Waals surface area contributed by atoms with Crippen molar-refractivity contribution in [2.24, 2.45) is 11.7 Å². The molecule has 1 fully saturated rings. The molecule has 6 heteroatoms. The molecule has 1 amide bonds. The Kier molecular flexibility index (Phi) is 4.32. The van der Waals surface area contributed by atoms with Crippen LogP contribution >= 0.6 is 11.3 Å². The largest absolute Gasteiger partial charge is 0.397 e. The van der Waals surface area contributed by atoms with Gasteiger partial charge in [-0.05, 0) is 18.8 Å². The van der Waals surface area contributed by atoms with E-state index >= 15 is 0 Å². The lowest BCUT2D eigenvalue weighted by Crippen LogP contribution is -2.26. The maximum Gasteiger partial charge on any atom is 0.253 e. The summed E-state index contributed by atoms with van der Waals surface area (Å²) in [5, 5.41) is 0.715. The van der Waals surface area contributed by atoms with Gasteiger partial charge >= 0.3 is 0 Å². The lowest BCUT2D eigenvalue weighted by molar-refractivity contribution is 0.100. The molecule has 1 saturated carbocycles. The third kappa shape index (κ3) is 2.80. The van der Waals surface area contributed by atoms with Crippen LogP contribution in [0.1, 0.15) is 52.6 Å². The highest BCUT2D eigenvalue weighted by molar-refractivity contribution is 7.19. The van der Waals surface area contributed by atoms with E-state index in [4.69, 9.17) is 11.5 Å². The molecule has 5 nitrogen and oxygen atoms in total. The van der Waals surface area contributed by atoms with Gasteiger partial charge in [-0.2, -0.15) is 0 Å². The average molecular weight is 295 g/mol. The van der Waals surface area contributed by atoms with Crippen molar-refractivity contribution in [2.45, 2.75) is 32.6 Å². The maximum atomic E-state index is 11.6. The van der Waals surface area contributed by atoms with Gasteiger partial charge in [0.25, 0.3) is 5.91 Å². The van der Waals surface area contributed by atoms with Crippen LogP contribution in [0.25, 0.3) is 0 Å². The first-order chi connectivity index (χ1) is 9.41. The molecule has 0 aliphatic heterocycles. The van der Waals surface area contributed by atoms with Gasteiger partial charge in [-0.25, -0.2) is 0 Å². The summed E-state index contributed by atoms with van der Waals surface area (Å²) in [6.07, 6.45) is 4.98. The molecular weight excluding hydrogens is 274 g/mol. The summed E-state index contributed by atoms with van der Waals surface area (Å²) in [5.41, 5.74) is 11.9. The van der Waals surface area contributed by atoms with Crippen LogP contribution in [0.5, 0.6) is 0 Å². The van der Waals surface area contributed by atoms with Crippen molar-refractivity contribution in [1.29, 1.82) is 0 Å². The first-order valence-electron chi connectivity index (χ1n) is 6.86. The zero-order valence-electron chi connectivity index (χ0n) is 11.9. The van der Waals surface area contributed by atoms with Crippen molar-refractivity contribution in [3.8, 4) is 0 Å². The Bertz CT molecular complexity index is 533. The fraction of sp³-hybridized carbons (Fsp3) is 0.571. The Morgan fingerprint density at radius 2 is 1.95 bits per heavy atom. The summed E-state index contributed by atoms with van der Waals surface area (Å²) in [6, 6.07) is 0. The number of hydrogen-bond acceptors (Lipinski definition) is 5. The molecule has 2 rings (SSSR count). The molecule has 0 atom stereocenters. The van der Waals surface area contributed by atoms with Gasteiger partial charge in [-0.15, -0.1) is 11.3 Å². The lowest BCUT2D eigenvalue weighted by Gasteiger charge is -2.22. The minimum absolute atomic E-state index is 0.129. The summed E-state index contributed by atoms with van der Waals surface area (Å²) in [7, 11) is 1.93. The van der Waals surface area contributed by atoms with Crippen LogP contribution in [0.2, 0.25) is 0 Å². The van der Waals surface area contributed by atoms with Crippen LogP contribution in [0.4, 0.5) is 10.7 Å². The number of nitrogens with zero attached hydrogens (tertiary/aromatic N) is 1. The monoisotopic (exact) mass is 295 g/mol. The van der Waals surface area contributed by atoms with Crippen LogP contribution in [0, 0.1) is 5.92 Å². The predicted molar refractivity (Wildman–Crippen MR) is 82.5 cm³/mol. The van der Waals surface area contributed by atoms with Crippen LogP contribution in [0.3, 0.4) is 0 Å².